The number of amides is 2. The fourth-order valence-electron chi connectivity index (χ4n) is 4.91. The number of aliphatic carboxylic acids is 3. The van der Waals surface area contributed by atoms with Crippen LogP contribution >= 0.6 is 0 Å². The number of rotatable bonds is 25. The van der Waals surface area contributed by atoms with Crippen molar-refractivity contribution in [2.24, 2.45) is 0 Å². The first kappa shape index (κ1) is 44.1. The van der Waals surface area contributed by atoms with Crippen LogP contribution in [0.2, 0.25) is 0 Å². The quantitative estimate of drug-likeness (QED) is 0.0645. The monoisotopic (exact) mass is 706 g/mol. The smallest absolute Gasteiger partial charge is 0.317 e. The van der Waals surface area contributed by atoms with E-state index in [4.69, 9.17) is 18.9 Å². The molecule has 0 aliphatic carbocycles. The van der Waals surface area contributed by atoms with Crippen molar-refractivity contribution in [1.29, 1.82) is 0 Å². The lowest BCUT2D eigenvalue weighted by molar-refractivity contribution is -0.140. The minimum absolute atomic E-state index is 0.0822. The maximum atomic E-state index is 13.2. The van der Waals surface area contributed by atoms with Crippen LogP contribution in [0.15, 0.2) is 0 Å². The number of hydrogen-bond donors (Lipinski definition) is 5. The highest BCUT2D eigenvalue weighted by Crippen LogP contribution is 2.03. The summed E-state index contributed by atoms with van der Waals surface area (Å²) in [5.74, 6) is -4.05. The van der Waals surface area contributed by atoms with E-state index < -0.39 is 35.8 Å². The third kappa shape index (κ3) is 23.9. The Hall–Kier alpha value is -2.97. The van der Waals surface area contributed by atoms with Crippen molar-refractivity contribution in [3.05, 3.63) is 0 Å². The molecule has 1 aliphatic rings. The lowest BCUT2D eigenvalue weighted by Gasteiger charge is -2.33. The Balaban J connectivity index is 2.65. The number of carbonyl (C=O) groups is 5. The van der Waals surface area contributed by atoms with Crippen LogP contribution in [0.25, 0.3) is 0 Å². The van der Waals surface area contributed by atoms with Gasteiger partial charge in [0, 0.05) is 71.9 Å². The van der Waals surface area contributed by atoms with Gasteiger partial charge < -0.3 is 49.8 Å². The molecule has 1 aliphatic heterocycles. The van der Waals surface area contributed by atoms with Crippen molar-refractivity contribution >= 4 is 29.7 Å². The van der Waals surface area contributed by atoms with Gasteiger partial charge in [0.25, 0.3) is 0 Å². The second-order valence-corrected chi connectivity index (χ2v) is 11.4. The topological polar surface area (TPSA) is 220 Å². The summed E-state index contributed by atoms with van der Waals surface area (Å²) in [4.78, 5) is 67.7. The van der Waals surface area contributed by atoms with Gasteiger partial charge in [0.1, 0.15) is 6.04 Å². The molecule has 5 N–H and O–H groups in total. The first-order valence-corrected chi connectivity index (χ1v) is 17.0. The zero-order chi connectivity index (χ0) is 36.3. The molecule has 1 saturated heterocycles. The summed E-state index contributed by atoms with van der Waals surface area (Å²) in [6, 6.07) is -1.07. The molecule has 1 heterocycles. The van der Waals surface area contributed by atoms with Crippen LogP contribution in [0.5, 0.6) is 0 Å². The summed E-state index contributed by atoms with van der Waals surface area (Å²) < 4.78 is 21.4. The molecule has 0 bridgehead atoms. The Morgan fingerprint density at radius 1 is 0.592 bits per heavy atom. The van der Waals surface area contributed by atoms with E-state index >= 15 is 0 Å². The molecular formula is C31H58N6O12. The van der Waals surface area contributed by atoms with Crippen molar-refractivity contribution in [3.8, 4) is 0 Å². The van der Waals surface area contributed by atoms with Crippen LogP contribution in [-0.4, -0.2) is 209 Å². The van der Waals surface area contributed by atoms with E-state index in [2.05, 4.69) is 15.5 Å². The maximum absolute atomic E-state index is 13.2. The average molecular weight is 707 g/mol. The van der Waals surface area contributed by atoms with E-state index in [-0.39, 0.29) is 45.6 Å². The highest BCUT2D eigenvalue weighted by Gasteiger charge is 2.24. The molecule has 284 valence electrons. The van der Waals surface area contributed by atoms with Crippen LogP contribution in [0.1, 0.15) is 26.7 Å². The van der Waals surface area contributed by atoms with Crippen molar-refractivity contribution in [3.63, 3.8) is 0 Å². The minimum atomic E-state index is -1.10. The molecule has 0 aromatic carbocycles. The van der Waals surface area contributed by atoms with Crippen molar-refractivity contribution < 1.29 is 58.2 Å². The summed E-state index contributed by atoms with van der Waals surface area (Å²) >= 11 is 0. The fourth-order valence-corrected chi connectivity index (χ4v) is 4.91. The van der Waals surface area contributed by atoms with Gasteiger partial charge in [-0.15, -0.1) is 0 Å². The number of nitrogens with one attached hydrogen (secondary N) is 2. The average Bonchev–Trinajstić information content (AvgIpc) is 3.04. The third-order valence-electron chi connectivity index (χ3n) is 7.63. The molecule has 1 atom stereocenters. The number of ether oxygens (including phenoxy) is 4. The molecule has 0 saturated carbocycles. The third-order valence-corrected chi connectivity index (χ3v) is 7.63. The van der Waals surface area contributed by atoms with E-state index in [0.29, 0.717) is 105 Å². The normalized spacial score (nSPS) is 16.7. The number of nitrogens with zero attached hydrogens (tertiary/aromatic N) is 4. The van der Waals surface area contributed by atoms with Crippen LogP contribution in [0.3, 0.4) is 0 Å². The Kier molecular flexibility index (Phi) is 25.0. The number of carbonyl (C=O) groups excluding carboxylic acids is 2. The molecule has 2 amide bonds. The Labute approximate surface area is 288 Å². The molecule has 0 radical (unpaired) electrons. The molecule has 1 fully saturated rings. The van der Waals surface area contributed by atoms with Crippen LogP contribution in [-0.2, 0) is 42.9 Å². The lowest BCUT2D eigenvalue weighted by Crippen LogP contribution is -2.52. The van der Waals surface area contributed by atoms with Crippen LogP contribution in [0, 0.1) is 0 Å². The molecule has 1 rings (SSSR count). The first-order chi connectivity index (χ1) is 23.5. The van der Waals surface area contributed by atoms with Crippen LogP contribution < -0.4 is 10.6 Å². The summed E-state index contributed by atoms with van der Waals surface area (Å²) in [6.07, 6.45) is -0.420. The van der Waals surface area contributed by atoms with Gasteiger partial charge in [-0.2, -0.15) is 0 Å². The maximum Gasteiger partial charge on any atom is 0.317 e. The summed E-state index contributed by atoms with van der Waals surface area (Å²) in [5, 5.41) is 33.3. The molecule has 0 aromatic heterocycles. The Morgan fingerprint density at radius 3 is 1.45 bits per heavy atom. The largest absolute Gasteiger partial charge is 0.481 e. The molecular weight excluding hydrogens is 648 g/mol. The first-order valence-electron chi connectivity index (χ1n) is 17.0. The number of carboxylic acids is 3. The van der Waals surface area contributed by atoms with Gasteiger partial charge in [-0.3, -0.25) is 38.7 Å². The number of carboxylic acid groups (broad SMARTS) is 3. The molecule has 18 nitrogen and oxygen atoms in total. The molecule has 49 heavy (non-hydrogen) atoms. The van der Waals surface area contributed by atoms with Gasteiger partial charge in [-0.25, -0.2) is 0 Å². The summed E-state index contributed by atoms with van der Waals surface area (Å²) in [5.41, 5.74) is 0. The zero-order valence-electron chi connectivity index (χ0n) is 29.1. The molecule has 0 spiro atoms. The van der Waals surface area contributed by atoms with Gasteiger partial charge in [-0.05, 0) is 19.9 Å². The van der Waals surface area contributed by atoms with Gasteiger partial charge in [0.15, 0.2) is 0 Å². The summed E-state index contributed by atoms with van der Waals surface area (Å²) in [7, 11) is 0. The molecule has 1 unspecified atom stereocenters. The van der Waals surface area contributed by atoms with Gasteiger partial charge in [-0.1, -0.05) is 6.92 Å². The number of hydrogen-bond acceptors (Lipinski definition) is 13. The Morgan fingerprint density at radius 2 is 1.02 bits per heavy atom. The summed E-state index contributed by atoms with van der Waals surface area (Å²) in [6.45, 7) is 11.2. The van der Waals surface area contributed by atoms with E-state index in [1.807, 2.05) is 18.7 Å². The lowest BCUT2D eigenvalue weighted by atomic mass is 10.1. The standard InChI is InChI=1S/C31H58N6O12/c1-3-34-8-10-35(12-13-37(25-30(43)44)15-14-36(11-9-34)24-29(41)42)23-27(38)33-26(5-6-28(39)40)31(45)32-7-16-47-19-20-49-22-21-48-18-17-46-4-2/h26H,3-25H2,1-2H3,(H,32,45)(H,33,38)(H,39,40)(H,41,42)(H,43,44). The zero-order valence-corrected chi connectivity index (χ0v) is 29.1. The van der Waals surface area contributed by atoms with Crippen LogP contribution in [0.4, 0.5) is 0 Å². The number of likely N-dealkylation sites (N-methyl/N-ethyl adjacent to an activating group) is 1. The van der Waals surface area contributed by atoms with E-state index in [1.54, 1.807) is 9.80 Å². The van der Waals surface area contributed by atoms with E-state index in [0.717, 1.165) is 0 Å². The molecule has 0 aromatic rings. The van der Waals surface area contributed by atoms with E-state index in [9.17, 15) is 39.3 Å². The predicted molar refractivity (Wildman–Crippen MR) is 177 cm³/mol. The minimum Gasteiger partial charge on any atom is -0.481 e. The predicted octanol–water partition coefficient (Wildman–Crippen LogP) is -2.05. The highest BCUT2D eigenvalue weighted by atomic mass is 16.6. The Bertz CT molecular complexity index is 962. The second-order valence-electron chi connectivity index (χ2n) is 11.4. The second kappa shape index (κ2) is 27.8. The highest BCUT2D eigenvalue weighted by molar-refractivity contribution is 5.88. The van der Waals surface area contributed by atoms with Gasteiger partial charge in [0.2, 0.25) is 11.8 Å². The van der Waals surface area contributed by atoms with E-state index in [1.165, 1.54) is 0 Å². The van der Waals surface area contributed by atoms with Crippen molar-refractivity contribution in [2.45, 2.75) is 32.7 Å². The van der Waals surface area contributed by atoms with Gasteiger partial charge in [0.05, 0.1) is 65.9 Å². The molecule has 18 heteroatoms. The fraction of sp³-hybridized carbons (Fsp3) is 0.839. The van der Waals surface area contributed by atoms with Gasteiger partial charge >= 0.3 is 17.9 Å². The SMILES string of the molecule is CCOCCOCCOCCOCCNC(=O)C(CCC(=O)O)NC(=O)CN1CCN(CC)CCN(CC(=O)O)CCN(CC(=O)O)CC1. The van der Waals surface area contributed by atoms with Crippen molar-refractivity contribution in [1.82, 2.24) is 30.2 Å². The van der Waals surface area contributed by atoms with Crippen molar-refractivity contribution in [2.75, 3.05) is 138 Å².